The number of epoxide rings is 1. The molecule has 1 heterocycles. The Morgan fingerprint density at radius 3 is 2.47 bits per heavy atom. The van der Waals surface area contributed by atoms with Crippen LogP contribution >= 0.6 is 0 Å². The Bertz CT molecular complexity index is 436. The third-order valence-corrected chi connectivity index (χ3v) is 2.92. The van der Waals surface area contributed by atoms with Gasteiger partial charge in [0.05, 0.1) is 11.5 Å². The van der Waals surface area contributed by atoms with Crippen molar-refractivity contribution in [3.05, 3.63) is 24.3 Å². The molecule has 82 valence electrons. The molecular weight excluding hydrogens is 218 g/mol. The Labute approximate surface area is 87.8 Å². The Morgan fingerprint density at radius 1 is 1.40 bits per heavy atom. The van der Waals surface area contributed by atoms with Crippen LogP contribution in [0.5, 0.6) is 5.75 Å². The Balaban J connectivity index is 2.02. The van der Waals surface area contributed by atoms with E-state index in [1.807, 2.05) is 0 Å². The molecule has 1 aliphatic rings. The van der Waals surface area contributed by atoms with Crippen molar-refractivity contribution in [2.75, 3.05) is 13.2 Å². The highest BCUT2D eigenvalue weighted by atomic mass is 32.2. The van der Waals surface area contributed by atoms with Crippen LogP contribution in [0.1, 0.15) is 0 Å². The van der Waals surface area contributed by atoms with Crippen molar-refractivity contribution in [3.8, 4) is 5.75 Å². The number of rotatable bonds is 4. The summed E-state index contributed by atoms with van der Waals surface area (Å²) in [5.74, 6) is 0.609. The van der Waals surface area contributed by atoms with Crippen molar-refractivity contribution in [1.29, 1.82) is 0 Å². The SMILES string of the molecule is NS(=O)(=O)c1ccc(OC[C@H]2CO2)cc1. The van der Waals surface area contributed by atoms with E-state index in [1.165, 1.54) is 12.1 Å². The summed E-state index contributed by atoms with van der Waals surface area (Å²) in [6, 6.07) is 5.97. The third kappa shape index (κ3) is 2.92. The summed E-state index contributed by atoms with van der Waals surface area (Å²) in [5.41, 5.74) is 0. The molecule has 0 spiro atoms. The molecule has 1 atom stereocenters. The molecule has 1 saturated heterocycles. The normalized spacial score (nSPS) is 19.9. The minimum atomic E-state index is -3.62. The van der Waals surface area contributed by atoms with Gasteiger partial charge in [-0.25, -0.2) is 13.6 Å². The summed E-state index contributed by atoms with van der Waals surface area (Å²) in [7, 11) is -3.62. The van der Waals surface area contributed by atoms with Crippen LogP contribution in [0.3, 0.4) is 0 Å². The van der Waals surface area contributed by atoms with Gasteiger partial charge in [-0.1, -0.05) is 0 Å². The molecule has 1 aromatic rings. The minimum Gasteiger partial charge on any atom is -0.491 e. The van der Waals surface area contributed by atoms with E-state index in [-0.39, 0.29) is 11.0 Å². The van der Waals surface area contributed by atoms with Crippen molar-refractivity contribution in [3.63, 3.8) is 0 Å². The second-order valence-electron chi connectivity index (χ2n) is 3.28. The maximum Gasteiger partial charge on any atom is 0.238 e. The van der Waals surface area contributed by atoms with Crippen LogP contribution in [0.25, 0.3) is 0 Å². The first-order valence-corrected chi connectivity index (χ1v) is 5.97. The molecule has 6 heteroatoms. The van der Waals surface area contributed by atoms with Crippen LogP contribution in [0.15, 0.2) is 29.2 Å². The maximum absolute atomic E-state index is 10.9. The third-order valence-electron chi connectivity index (χ3n) is 1.99. The van der Waals surface area contributed by atoms with E-state index in [4.69, 9.17) is 14.6 Å². The molecule has 0 saturated carbocycles. The van der Waals surface area contributed by atoms with Gasteiger partial charge in [0.1, 0.15) is 18.5 Å². The molecule has 1 fully saturated rings. The molecule has 0 radical (unpaired) electrons. The van der Waals surface area contributed by atoms with Gasteiger partial charge in [0.2, 0.25) is 10.0 Å². The van der Waals surface area contributed by atoms with E-state index in [2.05, 4.69) is 0 Å². The predicted octanol–water partition coefficient (Wildman–Crippen LogP) is 0.112. The highest BCUT2D eigenvalue weighted by Crippen LogP contribution is 2.17. The van der Waals surface area contributed by atoms with Gasteiger partial charge < -0.3 is 9.47 Å². The first kappa shape index (κ1) is 10.4. The largest absolute Gasteiger partial charge is 0.491 e. The predicted molar refractivity (Wildman–Crippen MR) is 53.1 cm³/mol. The lowest BCUT2D eigenvalue weighted by molar-refractivity contribution is 0.263. The Morgan fingerprint density at radius 2 is 2.00 bits per heavy atom. The molecule has 0 aliphatic carbocycles. The average Bonchev–Trinajstić information content (AvgIpc) is 2.97. The van der Waals surface area contributed by atoms with Crippen LogP contribution in [0, 0.1) is 0 Å². The van der Waals surface area contributed by atoms with Gasteiger partial charge >= 0.3 is 0 Å². The molecule has 1 aromatic carbocycles. The summed E-state index contributed by atoms with van der Waals surface area (Å²) >= 11 is 0. The molecule has 0 bridgehead atoms. The van der Waals surface area contributed by atoms with Crippen molar-refractivity contribution in [2.45, 2.75) is 11.0 Å². The standard InChI is InChI=1S/C9H11NO4S/c10-15(11,12)9-3-1-7(2-4-9)13-5-8-6-14-8/h1-4,8H,5-6H2,(H2,10,11,12)/t8-/m0/s1. The average molecular weight is 229 g/mol. The second kappa shape index (κ2) is 3.80. The zero-order valence-corrected chi connectivity index (χ0v) is 8.74. The van der Waals surface area contributed by atoms with E-state index >= 15 is 0 Å². The van der Waals surface area contributed by atoms with Crippen LogP contribution in [-0.4, -0.2) is 27.7 Å². The number of hydrogen-bond acceptors (Lipinski definition) is 4. The molecule has 5 nitrogen and oxygen atoms in total. The molecule has 2 N–H and O–H groups in total. The van der Waals surface area contributed by atoms with E-state index in [0.29, 0.717) is 12.4 Å². The highest BCUT2D eigenvalue weighted by molar-refractivity contribution is 7.89. The molecule has 0 unspecified atom stereocenters. The zero-order valence-electron chi connectivity index (χ0n) is 7.92. The number of nitrogens with two attached hydrogens (primary N) is 1. The van der Waals surface area contributed by atoms with Gasteiger partial charge in [-0.2, -0.15) is 0 Å². The Hall–Kier alpha value is -1.11. The smallest absolute Gasteiger partial charge is 0.238 e. The van der Waals surface area contributed by atoms with Gasteiger partial charge in [0.15, 0.2) is 0 Å². The first-order chi connectivity index (χ1) is 7.05. The van der Waals surface area contributed by atoms with Crippen molar-refractivity contribution < 1.29 is 17.9 Å². The number of benzene rings is 1. The molecule has 0 amide bonds. The van der Waals surface area contributed by atoms with Crippen LogP contribution in [0.4, 0.5) is 0 Å². The molecule has 15 heavy (non-hydrogen) atoms. The number of sulfonamides is 1. The van der Waals surface area contributed by atoms with Gasteiger partial charge in [-0.05, 0) is 24.3 Å². The molecular formula is C9H11NO4S. The highest BCUT2D eigenvalue weighted by Gasteiger charge is 2.23. The molecule has 2 rings (SSSR count). The first-order valence-electron chi connectivity index (χ1n) is 4.43. The minimum absolute atomic E-state index is 0.0810. The van der Waals surface area contributed by atoms with Crippen LogP contribution in [-0.2, 0) is 14.8 Å². The van der Waals surface area contributed by atoms with E-state index in [9.17, 15) is 8.42 Å². The lowest BCUT2D eigenvalue weighted by atomic mass is 10.3. The fourth-order valence-electron chi connectivity index (χ4n) is 1.08. The maximum atomic E-state index is 10.9. The summed E-state index contributed by atoms with van der Waals surface area (Å²) in [4.78, 5) is 0.0810. The topological polar surface area (TPSA) is 81.9 Å². The fraction of sp³-hybridized carbons (Fsp3) is 0.333. The number of hydrogen-bond donors (Lipinski definition) is 1. The zero-order chi connectivity index (χ0) is 10.9. The quantitative estimate of drug-likeness (QED) is 0.743. The lowest BCUT2D eigenvalue weighted by Crippen LogP contribution is -2.12. The number of primary sulfonamides is 1. The van der Waals surface area contributed by atoms with E-state index in [1.54, 1.807) is 12.1 Å². The second-order valence-corrected chi connectivity index (χ2v) is 4.84. The monoisotopic (exact) mass is 229 g/mol. The van der Waals surface area contributed by atoms with Gasteiger partial charge in [-0.3, -0.25) is 0 Å². The van der Waals surface area contributed by atoms with Gasteiger partial charge in [-0.15, -0.1) is 0 Å². The van der Waals surface area contributed by atoms with Gasteiger partial charge in [0, 0.05) is 0 Å². The summed E-state index contributed by atoms with van der Waals surface area (Å²) in [6.07, 6.45) is 0.183. The van der Waals surface area contributed by atoms with Crippen LogP contribution < -0.4 is 9.88 Å². The Kier molecular flexibility index (Phi) is 2.64. The van der Waals surface area contributed by atoms with Crippen molar-refractivity contribution in [2.24, 2.45) is 5.14 Å². The fourth-order valence-corrected chi connectivity index (χ4v) is 1.59. The van der Waals surface area contributed by atoms with E-state index in [0.717, 1.165) is 6.61 Å². The van der Waals surface area contributed by atoms with E-state index < -0.39 is 10.0 Å². The summed E-state index contributed by atoms with van der Waals surface area (Å²) in [6.45, 7) is 1.23. The summed E-state index contributed by atoms with van der Waals surface area (Å²) in [5, 5.41) is 4.95. The molecule has 0 aromatic heterocycles. The molecule has 1 aliphatic heterocycles. The number of ether oxygens (including phenoxy) is 2. The van der Waals surface area contributed by atoms with Crippen LogP contribution in [0.2, 0.25) is 0 Å². The van der Waals surface area contributed by atoms with Gasteiger partial charge in [0.25, 0.3) is 0 Å². The van der Waals surface area contributed by atoms with Crippen molar-refractivity contribution >= 4 is 10.0 Å². The summed E-state index contributed by atoms with van der Waals surface area (Å²) < 4.78 is 32.2. The van der Waals surface area contributed by atoms with Crippen molar-refractivity contribution in [1.82, 2.24) is 0 Å². The lowest BCUT2D eigenvalue weighted by Gasteiger charge is -2.04.